The Morgan fingerprint density at radius 2 is 2.43 bits per heavy atom. The number of carbonyl (C=O) groups is 1. The molecule has 0 atom stereocenters. The van der Waals surface area contributed by atoms with Crippen LogP contribution in [0.15, 0.2) is 10.6 Å². The van der Waals surface area contributed by atoms with Gasteiger partial charge in [-0.2, -0.15) is 0 Å². The zero-order valence-corrected chi connectivity index (χ0v) is 8.25. The molecule has 0 bridgehead atoms. The Labute approximate surface area is 82.6 Å². The van der Waals surface area contributed by atoms with Crippen LogP contribution in [0.25, 0.3) is 0 Å². The van der Waals surface area contributed by atoms with E-state index in [2.05, 4.69) is 10.5 Å². The van der Waals surface area contributed by atoms with E-state index >= 15 is 0 Å². The Morgan fingerprint density at radius 3 is 3.00 bits per heavy atom. The van der Waals surface area contributed by atoms with Gasteiger partial charge in [0.15, 0.2) is 5.69 Å². The van der Waals surface area contributed by atoms with Crippen LogP contribution in [0.5, 0.6) is 0 Å². The van der Waals surface area contributed by atoms with Crippen LogP contribution in [0.3, 0.4) is 0 Å². The highest BCUT2D eigenvalue weighted by Gasteiger charge is 2.09. The van der Waals surface area contributed by atoms with Gasteiger partial charge in [0, 0.05) is 12.6 Å². The lowest BCUT2D eigenvalue weighted by molar-refractivity contribution is 0.0944. The smallest absolute Gasteiger partial charge is 0.273 e. The predicted octanol–water partition coefficient (Wildman–Crippen LogP) is 0.452. The Kier molecular flexibility index (Phi) is 4.12. The molecule has 14 heavy (non-hydrogen) atoms. The summed E-state index contributed by atoms with van der Waals surface area (Å²) in [4.78, 5) is 11.4. The highest BCUT2D eigenvalue weighted by molar-refractivity contribution is 5.92. The summed E-state index contributed by atoms with van der Waals surface area (Å²) in [5.41, 5.74) is 5.65. The fraction of sp³-hybridized carbons (Fsp3) is 0.556. The minimum Gasteiger partial charge on any atom is -0.361 e. The number of nitrogens with one attached hydrogen (secondary N) is 1. The zero-order chi connectivity index (χ0) is 10.4. The molecule has 1 aromatic rings. The molecular formula is C9H15N3O2. The molecule has 5 heteroatoms. The largest absolute Gasteiger partial charge is 0.361 e. The first-order chi connectivity index (χ1) is 6.74. The lowest BCUT2D eigenvalue weighted by atomic mass is 10.3. The highest BCUT2D eigenvalue weighted by atomic mass is 16.5. The summed E-state index contributed by atoms with van der Waals surface area (Å²) in [6.07, 6.45) is 1.80. The summed E-state index contributed by atoms with van der Waals surface area (Å²) < 4.78 is 4.78. The van der Waals surface area contributed by atoms with Crippen molar-refractivity contribution in [2.45, 2.75) is 19.8 Å². The van der Waals surface area contributed by atoms with Crippen LogP contribution in [0, 0.1) is 6.92 Å². The number of nitrogens with zero attached hydrogens (tertiary/aromatic N) is 1. The van der Waals surface area contributed by atoms with Crippen molar-refractivity contribution in [3.63, 3.8) is 0 Å². The van der Waals surface area contributed by atoms with Gasteiger partial charge in [-0.05, 0) is 26.3 Å². The van der Waals surface area contributed by atoms with Crippen molar-refractivity contribution in [3.05, 3.63) is 17.5 Å². The number of rotatable bonds is 5. The van der Waals surface area contributed by atoms with Crippen LogP contribution in [0.1, 0.15) is 29.1 Å². The number of aryl methyl sites for hydroxylation is 1. The Bertz CT molecular complexity index is 296. The predicted molar refractivity (Wildman–Crippen MR) is 51.9 cm³/mol. The van der Waals surface area contributed by atoms with Gasteiger partial charge < -0.3 is 15.6 Å². The maximum Gasteiger partial charge on any atom is 0.273 e. The molecule has 3 N–H and O–H groups in total. The van der Waals surface area contributed by atoms with E-state index in [1.165, 1.54) is 0 Å². The van der Waals surface area contributed by atoms with Crippen LogP contribution >= 0.6 is 0 Å². The van der Waals surface area contributed by atoms with E-state index in [9.17, 15) is 4.79 Å². The Hall–Kier alpha value is -1.36. The zero-order valence-electron chi connectivity index (χ0n) is 8.25. The van der Waals surface area contributed by atoms with Crippen molar-refractivity contribution in [1.82, 2.24) is 10.5 Å². The van der Waals surface area contributed by atoms with E-state index in [0.29, 0.717) is 24.5 Å². The summed E-state index contributed by atoms with van der Waals surface area (Å²) in [6.45, 7) is 3.03. The molecule has 0 radical (unpaired) electrons. The molecule has 0 saturated heterocycles. The van der Waals surface area contributed by atoms with E-state index in [1.807, 2.05) is 0 Å². The molecule has 1 aromatic heterocycles. The first-order valence-corrected chi connectivity index (χ1v) is 4.65. The van der Waals surface area contributed by atoms with E-state index in [-0.39, 0.29) is 5.91 Å². The van der Waals surface area contributed by atoms with Crippen LogP contribution in [0.2, 0.25) is 0 Å². The van der Waals surface area contributed by atoms with Crippen LogP contribution in [-0.4, -0.2) is 24.2 Å². The lowest BCUT2D eigenvalue weighted by Gasteiger charge is -2.00. The van der Waals surface area contributed by atoms with Crippen molar-refractivity contribution in [1.29, 1.82) is 0 Å². The first-order valence-electron chi connectivity index (χ1n) is 4.65. The molecule has 5 nitrogen and oxygen atoms in total. The number of unbranched alkanes of at least 4 members (excludes halogenated alkanes) is 1. The van der Waals surface area contributed by atoms with Crippen molar-refractivity contribution >= 4 is 5.91 Å². The fourth-order valence-corrected chi connectivity index (χ4v) is 1.04. The van der Waals surface area contributed by atoms with Gasteiger partial charge in [0.05, 0.1) is 0 Å². The summed E-state index contributed by atoms with van der Waals surface area (Å²) >= 11 is 0. The molecular weight excluding hydrogens is 182 g/mol. The number of amides is 1. The van der Waals surface area contributed by atoms with E-state index < -0.39 is 0 Å². The molecule has 1 rings (SSSR count). The lowest BCUT2D eigenvalue weighted by Crippen LogP contribution is -2.25. The van der Waals surface area contributed by atoms with Crippen molar-refractivity contribution in [3.8, 4) is 0 Å². The first kappa shape index (κ1) is 10.7. The summed E-state index contributed by atoms with van der Waals surface area (Å²) in [6, 6.07) is 1.61. The number of hydrogen-bond acceptors (Lipinski definition) is 4. The number of aromatic nitrogens is 1. The molecule has 0 fully saturated rings. The van der Waals surface area contributed by atoms with E-state index in [0.717, 1.165) is 12.8 Å². The minimum absolute atomic E-state index is 0.195. The number of hydrogen-bond donors (Lipinski definition) is 2. The van der Waals surface area contributed by atoms with Gasteiger partial charge >= 0.3 is 0 Å². The van der Waals surface area contributed by atoms with Gasteiger partial charge in [0.25, 0.3) is 5.91 Å². The molecule has 0 aromatic carbocycles. The van der Waals surface area contributed by atoms with Crippen LogP contribution in [0.4, 0.5) is 0 Å². The van der Waals surface area contributed by atoms with Crippen LogP contribution < -0.4 is 11.1 Å². The maximum atomic E-state index is 11.4. The van der Waals surface area contributed by atoms with Gasteiger partial charge in [-0.3, -0.25) is 4.79 Å². The maximum absolute atomic E-state index is 11.4. The van der Waals surface area contributed by atoms with Gasteiger partial charge in [0.2, 0.25) is 0 Å². The van der Waals surface area contributed by atoms with Crippen LogP contribution in [-0.2, 0) is 0 Å². The standard InChI is InChI=1S/C9H15N3O2/c1-7-6-8(12-14-7)9(13)11-5-3-2-4-10/h6H,2-5,10H2,1H3,(H,11,13). The Balaban J connectivity index is 2.29. The molecule has 1 heterocycles. The van der Waals surface area contributed by atoms with Crippen molar-refractivity contribution in [2.24, 2.45) is 5.73 Å². The fourth-order valence-electron chi connectivity index (χ4n) is 1.04. The Morgan fingerprint density at radius 1 is 1.64 bits per heavy atom. The van der Waals surface area contributed by atoms with Gasteiger partial charge in [0.1, 0.15) is 5.76 Å². The third-order valence-electron chi connectivity index (χ3n) is 1.78. The SMILES string of the molecule is Cc1cc(C(=O)NCCCCN)no1. The second kappa shape index (κ2) is 5.39. The molecule has 1 amide bonds. The average Bonchev–Trinajstić information content (AvgIpc) is 2.59. The molecule has 78 valence electrons. The number of carbonyl (C=O) groups excluding carboxylic acids is 1. The minimum atomic E-state index is -0.195. The normalized spacial score (nSPS) is 10.1. The third-order valence-corrected chi connectivity index (χ3v) is 1.78. The second-order valence-electron chi connectivity index (χ2n) is 3.07. The van der Waals surface area contributed by atoms with E-state index in [4.69, 9.17) is 10.3 Å². The monoisotopic (exact) mass is 197 g/mol. The summed E-state index contributed by atoms with van der Waals surface area (Å²) in [5.74, 6) is 0.441. The third kappa shape index (κ3) is 3.18. The van der Waals surface area contributed by atoms with Gasteiger partial charge in [-0.25, -0.2) is 0 Å². The molecule has 0 unspecified atom stereocenters. The van der Waals surface area contributed by atoms with Gasteiger partial charge in [-0.15, -0.1) is 0 Å². The molecule has 0 spiro atoms. The van der Waals surface area contributed by atoms with Crippen molar-refractivity contribution in [2.75, 3.05) is 13.1 Å². The molecule has 0 aliphatic rings. The van der Waals surface area contributed by atoms with Crippen molar-refractivity contribution < 1.29 is 9.32 Å². The second-order valence-corrected chi connectivity index (χ2v) is 3.07. The summed E-state index contributed by atoms with van der Waals surface area (Å²) in [5, 5.41) is 6.33. The molecule has 0 aliphatic carbocycles. The molecule has 0 aliphatic heterocycles. The summed E-state index contributed by atoms with van der Waals surface area (Å²) in [7, 11) is 0. The van der Waals surface area contributed by atoms with Gasteiger partial charge in [-0.1, -0.05) is 5.16 Å². The topological polar surface area (TPSA) is 81.2 Å². The highest BCUT2D eigenvalue weighted by Crippen LogP contribution is 2.00. The number of nitrogens with two attached hydrogens (primary N) is 1. The van der Waals surface area contributed by atoms with E-state index in [1.54, 1.807) is 13.0 Å². The quantitative estimate of drug-likeness (QED) is 0.671. The molecule has 0 saturated carbocycles. The average molecular weight is 197 g/mol.